The van der Waals surface area contributed by atoms with Gasteiger partial charge >= 0.3 is 12.1 Å². The van der Waals surface area contributed by atoms with Crippen molar-refractivity contribution in [2.45, 2.75) is 13.1 Å². The molecule has 0 aliphatic heterocycles. The third-order valence-electron chi connectivity index (χ3n) is 4.54. The molecule has 3 aromatic rings. The molecule has 0 aliphatic carbocycles. The van der Waals surface area contributed by atoms with Crippen LogP contribution in [0.3, 0.4) is 0 Å². The van der Waals surface area contributed by atoms with E-state index in [4.69, 9.17) is 21.1 Å². The highest BCUT2D eigenvalue weighted by Crippen LogP contribution is 2.28. The van der Waals surface area contributed by atoms with Crippen LogP contribution in [0.1, 0.15) is 12.6 Å². The molecule has 0 fully saturated rings. The van der Waals surface area contributed by atoms with Crippen LogP contribution in [-0.4, -0.2) is 45.6 Å². The van der Waals surface area contributed by atoms with Crippen LogP contribution in [0.4, 0.5) is 17.6 Å². The first-order valence-electron chi connectivity index (χ1n) is 9.83. The van der Waals surface area contributed by atoms with Crippen LogP contribution >= 0.6 is 20.5 Å². The minimum absolute atomic E-state index is 0.0169. The van der Waals surface area contributed by atoms with Crippen LogP contribution < -0.4 is 21.4 Å². The summed E-state index contributed by atoms with van der Waals surface area (Å²) in [5, 5.41) is -0.573. The van der Waals surface area contributed by atoms with Crippen molar-refractivity contribution < 1.29 is 31.8 Å². The molecule has 0 saturated carbocycles. The van der Waals surface area contributed by atoms with Gasteiger partial charge in [0.25, 0.3) is 5.56 Å². The molecule has 35 heavy (non-hydrogen) atoms. The Hall–Kier alpha value is -3.18. The van der Waals surface area contributed by atoms with E-state index in [0.29, 0.717) is 20.7 Å². The zero-order valence-electron chi connectivity index (χ0n) is 18.2. The van der Waals surface area contributed by atoms with Gasteiger partial charge in [0.2, 0.25) is 13.2 Å². The molecule has 0 aliphatic rings. The van der Waals surface area contributed by atoms with Crippen LogP contribution in [0.5, 0.6) is 5.88 Å². The Balaban J connectivity index is 2.05. The molecular weight excluding hydrogens is 513 g/mol. The average molecular weight is 530 g/mol. The molecule has 3 rings (SSSR count). The van der Waals surface area contributed by atoms with Crippen molar-refractivity contribution in [2.24, 2.45) is 7.05 Å². The predicted octanol–water partition coefficient (Wildman–Crippen LogP) is 2.05. The molecule has 8 nitrogen and oxygen atoms in total. The van der Waals surface area contributed by atoms with E-state index in [0.717, 1.165) is 13.1 Å². The van der Waals surface area contributed by atoms with E-state index in [1.165, 1.54) is 13.5 Å². The molecule has 0 spiro atoms. The first-order valence-corrected chi connectivity index (χ1v) is 10.7. The Morgan fingerprint density at radius 3 is 2.69 bits per heavy atom. The molecule has 0 saturated heterocycles. The standard InChI is InChI=1S/C20H16BClF4N4O4P/c1-3-33-15(32)9-34-18-10(5-4-6-27-18)21-16-11(22)7-12(23)17(28-16)30-14(31)8-13(20(24,25)26)29(2)19(30)35/h4-8,35H,3,9H2,1-2H3. The van der Waals surface area contributed by atoms with Crippen LogP contribution in [-0.2, 0) is 22.8 Å². The lowest BCUT2D eigenvalue weighted by atomic mass is 9.67. The number of hydrogen-bond donors (Lipinski definition) is 0. The van der Waals surface area contributed by atoms with Crippen molar-refractivity contribution in [2.75, 3.05) is 13.2 Å². The van der Waals surface area contributed by atoms with Gasteiger partial charge in [0.15, 0.2) is 18.2 Å². The van der Waals surface area contributed by atoms with Gasteiger partial charge in [-0.3, -0.25) is 4.79 Å². The fraction of sp³-hybridized carbons (Fsp3) is 0.250. The average Bonchev–Trinajstić information content (AvgIpc) is 2.78. The molecule has 0 aromatic carbocycles. The van der Waals surface area contributed by atoms with Crippen molar-refractivity contribution in [3.8, 4) is 11.7 Å². The lowest BCUT2D eigenvalue weighted by Gasteiger charge is -2.17. The number of alkyl halides is 3. The summed E-state index contributed by atoms with van der Waals surface area (Å²) < 4.78 is 65.9. The summed E-state index contributed by atoms with van der Waals surface area (Å²) in [4.78, 5) is 32.2. The second-order valence-corrected chi connectivity index (χ2v) is 7.73. The first kappa shape index (κ1) is 26.4. The number of aromatic nitrogens is 4. The number of rotatable bonds is 7. The fourth-order valence-corrected chi connectivity index (χ4v) is 3.49. The molecule has 0 N–H and O–H groups in total. The molecule has 0 amide bonds. The van der Waals surface area contributed by atoms with Gasteiger partial charge in [0.05, 0.1) is 11.6 Å². The third-order valence-corrected chi connectivity index (χ3v) is 5.40. The van der Waals surface area contributed by atoms with Crippen molar-refractivity contribution in [1.82, 2.24) is 19.1 Å². The highest BCUT2D eigenvalue weighted by Gasteiger charge is 2.34. The quantitative estimate of drug-likeness (QED) is 0.202. The summed E-state index contributed by atoms with van der Waals surface area (Å²) in [6.45, 7) is 1.38. The Bertz CT molecular complexity index is 1400. The number of hydrogen-bond acceptors (Lipinski definition) is 6. The summed E-state index contributed by atoms with van der Waals surface area (Å²) in [5.41, 5.74) is -2.17. The number of carbonyl (C=O) groups is 1. The molecule has 0 bridgehead atoms. The second-order valence-electron chi connectivity index (χ2n) is 6.88. The summed E-state index contributed by atoms with van der Waals surface area (Å²) >= 11 is 6.13. The Morgan fingerprint density at radius 1 is 1.31 bits per heavy atom. The lowest BCUT2D eigenvalue weighted by Crippen LogP contribution is -2.35. The Kier molecular flexibility index (Phi) is 8.02. The van der Waals surface area contributed by atoms with Crippen molar-refractivity contribution in [3.05, 3.63) is 62.5 Å². The van der Waals surface area contributed by atoms with E-state index in [2.05, 4.69) is 18.8 Å². The number of halogens is 5. The number of esters is 1. The number of pyridine rings is 2. The maximum atomic E-state index is 14.8. The number of carbonyl (C=O) groups excluding carboxylic acids is 1. The summed E-state index contributed by atoms with van der Waals surface area (Å²) in [6, 6.07) is 4.29. The summed E-state index contributed by atoms with van der Waals surface area (Å²) in [6.07, 6.45) is -3.42. The van der Waals surface area contributed by atoms with E-state index >= 15 is 0 Å². The van der Waals surface area contributed by atoms with Crippen molar-refractivity contribution >= 4 is 44.8 Å². The van der Waals surface area contributed by atoms with Crippen LogP contribution in [0.25, 0.3) is 5.82 Å². The molecule has 3 aromatic heterocycles. The van der Waals surface area contributed by atoms with E-state index < -0.39 is 46.8 Å². The SMILES string of the molecule is CCOC(=O)COc1ncccc1[B]c1nc(-n2c(=O)cc(C(F)(F)F)n(C)c2=P)c(F)cc1Cl. The van der Waals surface area contributed by atoms with Gasteiger partial charge in [0.1, 0.15) is 10.9 Å². The van der Waals surface area contributed by atoms with Gasteiger partial charge < -0.3 is 14.0 Å². The molecule has 1 radical (unpaired) electrons. The fourth-order valence-electron chi connectivity index (χ4n) is 2.96. The second kappa shape index (κ2) is 10.6. The van der Waals surface area contributed by atoms with E-state index in [1.54, 1.807) is 19.1 Å². The van der Waals surface area contributed by atoms with Gasteiger partial charge in [-0.05, 0) is 24.5 Å². The highest BCUT2D eigenvalue weighted by atomic mass is 35.5. The van der Waals surface area contributed by atoms with Gasteiger partial charge in [-0.25, -0.2) is 23.7 Å². The zero-order valence-corrected chi connectivity index (χ0v) is 19.9. The van der Waals surface area contributed by atoms with E-state index in [-0.39, 0.29) is 23.1 Å². The van der Waals surface area contributed by atoms with Gasteiger partial charge in [0, 0.05) is 24.9 Å². The molecule has 183 valence electrons. The van der Waals surface area contributed by atoms with Crippen LogP contribution in [0, 0.1) is 11.0 Å². The monoisotopic (exact) mass is 529 g/mol. The summed E-state index contributed by atoms with van der Waals surface area (Å²) in [7, 11) is 5.37. The molecule has 3 heterocycles. The van der Waals surface area contributed by atoms with Crippen LogP contribution in [0.15, 0.2) is 35.3 Å². The van der Waals surface area contributed by atoms with Crippen molar-refractivity contribution in [3.63, 3.8) is 0 Å². The molecule has 15 heteroatoms. The minimum Gasteiger partial charge on any atom is -0.466 e. The molecule has 0 unspecified atom stereocenters. The van der Waals surface area contributed by atoms with Crippen molar-refractivity contribution in [1.29, 1.82) is 0 Å². The molecular formula is C20H16BClF4N4O4P. The normalized spacial score (nSPS) is 11.3. The lowest BCUT2D eigenvalue weighted by molar-refractivity contribution is -0.145. The first-order chi connectivity index (χ1) is 16.4. The highest BCUT2D eigenvalue weighted by molar-refractivity contribution is 7.06. The van der Waals surface area contributed by atoms with E-state index in [1.807, 2.05) is 0 Å². The Morgan fingerprint density at radius 2 is 2.03 bits per heavy atom. The largest absolute Gasteiger partial charge is 0.466 e. The Labute approximate surface area is 203 Å². The smallest absolute Gasteiger partial charge is 0.431 e. The maximum absolute atomic E-state index is 14.8. The number of ether oxygens (including phenoxy) is 2. The predicted molar refractivity (Wildman–Crippen MR) is 122 cm³/mol. The van der Waals surface area contributed by atoms with Gasteiger partial charge in [-0.15, -0.1) is 0 Å². The minimum atomic E-state index is -4.82. The topological polar surface area (TPSA) is 88.2 Å². The maximum Gasteiger partial charge on any atom is 0.431 e. The summed E-state index contributed by atoms with van der Waals surface area (Å²) in [5.74, 6) is -2.26. The molecule has 0 atom stereocenters. The third kappa shape index (κ3) is 5.91. The number of nitrogens with zero attached hydrogens (tertiary/aromatic N) is 4. The van der Waals surface area contributed by atoms with E-state index in [9.17, 15) is 27.2 Å². The van der Waals surface area contributed by atoms with Crippen LogP contribution in [0.2, 0.25) is 5.02 Å². The van der Waals surface area contributed by atoms with Gasteiger partial charge in [-0.1, -0.05) is 26.5 Å². The van der Waals surface area contributed by atoms with Gasteiger partial charge in [-0.2, -0.15) is 13.2 Å². The zero-order chi connectivity index (χ0) is 25.9.